The molecule has 0 saturated heterocycles. The van der Waals surface area contributed by atoms with Gasteiger partial charge in [0.2, 0.25) is 0 Å². The Labute approximate surface area is 731 Å². The number of ether oxygens (including phenoxy) is 4. The third kappa shape index (κ3) is 21.0. The Morgan fingerprint density at radius 1 is 0.512 bits per heavy atom. The van der Waals surface area contributed by atoms with Crippen LogP contribution >= 0.6 is 46.4 Å². The lowest BCUT2D eigenvalue weighted by atomic mass is 9.38. The zero-order valence-corrected chi connectivity index (χ0v) is 72.0. The molecule has 13 saturated carbocycles. The largest absolute Gasteiger partial charge is 0.486 e. The predicted octanol–water partition coefficient (Wildman–Crippen LogP) is 18.8. The van der Waals surface area contributed by atoms with Crippen molar-refractivity contribution in [1.29, 1.82) is 0 Å². The number of carbonyl (C=O) groups is 8. The van der Waals surface area contributed by atoms with Gasteiger partial charge in [-0.1, -0.05) is 103 Å². The van der Waals surface area contributed by atoms with E-state index in [1.165, 1.54) is 67.0 Å². The van der Waals surface area contributed by atoms with Gasteiger partial charge in [-0.15, -0.1) is 0 Å². The van der Waals surface area contributed by atoms with Crippen molar-refractivity contribution in [3.63, 3.8) is 0 Å². The monoisotopic (exact) mass is 1750 g/mol. The Morgan fingerprint density at radius 3 is 1.56 bits per heavy atom. The molecule has 0 radical (unpaired) electrons. The zero-order chi connectivity index (χ0) is 86.7. The van der Waals surface area contributed by atoms with Crippen molar-refractivity contribution in [3.8, 4) is 34.5 Å². The summed E-state index contributed by atoms with van der Waals surface area (Å²) in [6, 6.07) is 35.6. The highest BCUT2D eigenvalue weighted by Crippen LogP contribution is 2.72. The zero-order valence-electron chi connectivity index (χ0n) is 69.0. The molecule has 13 fully saturated rings. The third-order valence-electron chi connectivity index (χ3n) is 25.2. The number of Topliss-reactive ketones (excluding diaryl/α,β-unsaturated/α-hetero) is 5. The number of oxazole rings is 1. The maximum Gasteiger partial charge on any atom is 0.270 e. The molecule has 4 N–H and O–H groups in total. The molecule has 0 atom stereocenters. The summed E-state index contributed by atoms with van der Waals surface area (Å²) in [7, 11) is 0. The van der Waals surface area contributed by atoms with Gasteiger partial charge in [-0.3, -0.25) is 48.3 Å². The maximum atomic E-state index is 13.5. The van der Waals surface area contributed by atoms with E-state index in [2.05, 4.69) is 46.4 Å². The van der Waals surface area contributed by atoms with E-state index < -0.39 is 11.6 Å². The normalized spacial score (nSPS) is 24.2. The predicted molar refractivity (Wildman–Crippen MR) is 457 cm³/mol. The van der Waals surface area contributed by atoms with Crippen LogP contribution in [0.3, 0.4) is 0 Å². The molecule has 23 nitrogen and oxygen atoms in total. The molecular formula is C94H97Cl4F2N9O14. The highest BCUT2D eigenvalue weighted by Gasteiger charge is 2.71. The standard InChI is InChI=1S/C26H29ClN2O3.C25H26ClFN2O4.C23H22ClN3O3.C20H20ClFN2O4/c1-17-10-21(7-8-22(17)27)32-13-20(30)11-25-14-26(15-25,16-25)29-24(31)23-9-6-19(12-28-23)5-4-18-2-3-18;1-2-3-4-21(30)20-9-16(7-8-28-20)22(31)11-24-13-25(14-24,15-24)29-23(32)12-33-17-5-6-18(26)19(27)10-17;1-15-2-8-19(9-3-15)29-11-18(28)10-22-12-23(13-22,14-22)26-21-25-20(30-27-21)16-4-6-17(24)7-5-16;1-2-18-23-7-16(28-18)15(25)6-19-9-20(10-19,11-19)24-17(26)8-27-12-3-4-13(21)14(22)5-12/h6-10,12,18H,2-5,11,13-16H2,1H3,(H,29,31);5-10H,2-4,11-15H2,1H3,(H,29,32);2-9H,10-14H2,1H3,(H,26,27);3-5,7H,2,6,8-11H2,1H3,(H,24,26). The Kier molecular flexibility index (Phi) is 25.6. The molecule has 13 aliphatic carbocycles. The summed E-state index contributed by atoms with van der Waals surface area (Å²) < 4.78 is 59.5. The van der Waals surface area contributed by atoms with Gasteiger partial charge < -0.3 is 49.2 Å². The Balaban J connectivity index is 0.000000127. The minimum atomic E-state index is -0.604. The van der Waals surface area contributed by atoms with Crippen molar-refractivity contribution >= 4 is 99.0 Å². The van der Waals surface area contributed by atoms with E-state index in [-0.39, 0.29) is 138 Å². The number of anilines is 1. The van der Waals surface area contributed by atoms with Gasteiger partial charge in [0.15, 0.2) is 53.8 Å². The lowest BCUT2D eigenvalue weighted by Crippen LogP contribution is -2.75. The third-order valence-corrected chi connectivity index (χ3v) is 26.5. The lowest BCUT2D eigenvalue weighted by molar-refractivity contribution is -0.165. The molecule has 3 amide bonds. The van der Waals surface area contributed by atoms with E-state index in [1.807, 2.05) is 88.5 Å². The Morgan fingerprint density at radius 2 is 1.03 bits per heavy atom. The number of rotatable bonds is 37. The van der Waals surface area contributed by atoms with Crippen LogP contribution in [0.15, 0.2) is 155 Å². The molecule has 4 aromatic heterocycles. The van der Waals surface area contributed by atoms with Crippen LogP contribution in [0.2, 0.25) is 20.1 Å². The van der Waals surface area contributed by atoms with Crippen molar-refractivity contribution in [2.45, 2.75) is 204 Å². The molecule has 644 valence electrons. The van der Waals surface area contributed by atoms with E-state index in [1.54, 1.807) is 36.4 Å². The SMILES string of the molecule is CCCCC(=O)c1cc(C(=O)CC23CC(NC(=O)COc4ccc(Cl)c(F)c4)(C2)C3)ccn1.CCc1ncc(C(=O)CC23CC(NC(=O)COc4ccc(Cl)c(F)c4)(C2)C3)o1.Cc1cc(OCC(=O)CC23CC(NC(=O)c4ccc(CCC5CC5)cn4)(C2)C3)ccc1Cl.Cc1ccc(OCC(=O)CC23CC(Nc4noc(-c5ccc(Cl)cc5)n4)(C2)C3)cc1. The second-order valence-electron chi connectivity index (χ2n) is 36.0. The number of unbranched alkanes of at least 4 members (excludes halogenated alkanes) is 1. The number of nitrogens with zero attached hydrogens (tertiary/aromatic N) is 5. The lowest BCUT2D eigenvalue weighted by Gasteiger charge is -2.70. The first-order chi connectivity index (χ1) is 58.8. The summed E-state index contributed by atoms with van der Waals surface area (Å²) in [5.74, 6) is 2.88. The molecule has 22 rings (SSSR count). The molecule has 123 heavy (non-hydrogen) atoms. The van der Waals surface area contributed by atoms with Crippen molar-refractivity contribution in [2.75, 3.05) is 31.7 Å². The highest BCUT2D eigenvalue weighted by molar-refractivity contribution is 6.32. The van der Waals surface area contributed by atoms with Gasteiger partial charge in [0.05, 0.1) is 16.2 Å². The van der Waals surface area contributed by atoms with E-state index in [4.69, 9.17) is 74.3 Å². The summed E-state index contributed by atoms with van der Waals surface area (Å²) in [5.41, 5.74) is 4.73. The fourth-order valence-corrected chi connectivity index (χ4v) is 20.2. The number of hydrogen-bond acceptors (Lipinski definition) is 20. The first-order valence-electron chi connectivity index (χ1n) is 41.9. The van der Waals surface area contributed by atoms with Crippen molar-refractivity contribution in [1.82, 2.24) is 41.0 Å². The Hall–Kier alpha value is -10.5. The fraction of sp³-hybridized carbons (Fsp3) is 0.436. The van der Waals surface area contributed by atoms with E-state index in [9.17, 15) is 47.1 Å². The summed E-state index contributed by atoms with van der Waals surface area (Å²) in [4.78, 5) is 116. The second kappa shape index (κ2) is 36.0. The van der Waals surface area contributed by atoms with Crippen LogP contribution in [0.5, 0.6) is 23.0 Å². The average Bonchev–Trinajstić information content (AvgIpc) is 1.49. The van der Waals surface area contributed by atoms with Crippen molar-refractivity contribution in [3.05, 3.63) is 223 Å². The highest BCUT2D eigenvalue weighted by atomic mass is 35.5. The summed E-state index contributed by atoms with van der Waals surface area (Å²) >= 11 is 23.2. The van der Waals surface area contributed by atoms with Gasteiger partial charge in [0.1, 0.15) is 59.2 Å². The van der Waals surface area contributed by atoms with Crippen LogP contribution in [0, 0.1) is 53.1 Å². The number of hydrogen-bond donors (Lipinski definition) is 4. The average molecular weight is 1760 g/mol. The molecule has 5 aromatic carbocycles. The Bertz CT molecular complexity index is 5430. The number of amides is 3. The number of aryl methyl sites for hydroxylation is 4. The van der Waals surface area contributed by atoms with Crippen LogP contribution in [0.1, 0.15) is 220 Å². The van der Waals surface area contributed by atoms with Gasteiger partial charge in [-0.05, 0) is 251 Å². The summed E-state index contributed by atoms with van der Waals surface area (Å²) in [5, 5.41) is 17.9. The van der Waals surface area contributed by atoms with E-state index >= 15 is 0 Å². The minimum Gasteiger partial charge on any atom is -0.486 e. The summed E-state index contributed by atoms with van der Waals surface area (Å²) in [6.45, 7) is 7.64. The second-order valence-corrected chi connectivity index (χ2v) is 37.6. The van der Waals surface area contributed by atoms with Crippen LogP contribution in [-0.2, 0) is 32.0 Å². The van der Waals surface area contributed by atoms with Gasteiger partial charge in [-0.25, -0.2) is 13.8 Å². The number of benzene rings is 5. The number of ketones is 5. The van der Waals surface area contributed by atoms with Gasteiger partial charge >= 0.3 is 0 Å². The number of aromatic nitrogens is 5. The number of halogens is 6. The molecular weight excluding hydrogens is 1660 g/mol. The first kappa shape index (κ1) is 87.4. The van der Waals surface area contributed by atoms with E-state index in [0.29, 0.717) is 94.8 Å². The first-order valence-corrected chi connectivity index (χ1v) is 43.4. The maximum absolute atomic E-state index is 13.5. The molecule has 0 aliphatic heterocycles. The van der Waals surface area contributed by atoms with Gasteiger partial charge in [0.25, 0.3) is 29.6 Å². The molecule has 9 aromatic rings. The minimum absolute atomic E-state index is 0.00163. The van der Waals surface area contributed by atoms with Crippen LogP contribution in [-0.4, -0.2) is 120 Å². The molecule has 13 aliphatic rings. The number of pyridine rings is 2. The number of carbonyl (C=O) groups excluding carboxylic acids is 8. The van der Waals surface area contributed by atoms with Crippen molar-refractivity contribution < 1.29 is 75.0 Å². The molecule has 0 spiro atoms. The van der Waals surface area contributed by atoms with Gasteiger partial charge in [-0.2, -0.15) is 4.98 Å². The van der Waals surface area contributed by atoms with Gasteiger partial charge in [0, 0.05) is 106 Å². The topological polar surface area (TPSA) is 312 Å². The number of nitrogens with one attached hydrogen (secondary N) is 4. The van der Waals surface area contributed by atoms with Crippen LogP contribution in [0.4, 0.5) is 14.7 Å². The smallest absolute Gasteiger partial charge is 0.270 e. The van der Waals surface area contributed by atoms with E-state index in [0.717, 1.165) is 131 Å². The van der Waals surface area contributed by atoms with Crippen LogP contribution in [0.25, 0.3) is 11.5 Å². The molecule has 29 heteroatoms. The van der Waals surface area contributed by atoms with Crippen LogP contribution < -0.4 is 40.2 Å². The van der Waals surface area contributed by atoms with Crippen molar-refractivity contribution in [2.24, 2.45) is 27.6 Å². The molecule has 0 unspecified atom stereocenters. The molecule has 4 heterocycles. The summed E-state index contributed by atoms with van der Waals surface area (Å²) in [6.07, 6.45) is 24.4. The fourth-order valence-electron chi connectivity index (χ4n) is 19.7. The quantitative estimate of drug-likeness (QED) is 0.0263. The molecule has 8 bridgehead atoms.